The van der Waals surface area contributed by atoms with Gasteiger partial charge in [0.15, 0.2) is 0 Å². The van der Waals surface area contributed by atoms with Crippen LogP contribution in [0.3, 0.4) is 0 Å². The third-order valence-electron chi connectivity index (χ3n) is 1.93. The Labute approximate surface area is 83.0 Å². The standard InChI is InChI=1S/C8H17N3OS/c9-3-1-4-10-8(12)11-7-2-5-13-6-7/h7H,1-6,9H2,(H2,10,11,12). The zero-order chi connectivity index (χ0) is 9.52. The number of hydrogen-bond donors (Lipinski definition) is 3. The minimum atomic E-state index is -0.0547. The average molecular weight is 203 g/mol. The molecule has 76 valence electrons. The molecule has 5 heteroatoms. The van der Waals surface area contributed by atoms with Gasteiger partial charge in [0.2, 0.25) is 0 Å². The van der Waals surface area contributed by atoms with Crippen molar-refractivity contribution in [3.8, 4) is 0 Å². The number of thioether (sulfide) groups is 1. The molecule has 1 heterocycles. The molecule has 1 rings (SSSR count). The number of carbonyl (C=O) groups excluding carboxylic acids is 1. The van der Waals surface area contributed by atoms with E-state index in [9.17, 15) is 4.79 Å². The van der Waals surface area contributed by atoms with Gasteiger partial charge in [0.1, 0.15) is 0 Å². The van der Waals surface area contributed by atoms with Gasteiger partial charge in [-0.2, -0.15) is 11.8 Å². The highest BCUT2D eigenvalue weighted by Gasteiger charge is 2.16. The number of nitrogens with two attached hydrogens (primary N) is 1. The zero-order valence-electron chi connectivity index (χ0n) is 7.71. The van der Waals surface area contributed by atoms with Crippen LogP contribution in [0, 0.1) is 0 Å². The van der Waals surface area contributed by atoms with Crippen LogP contribution in [0.15, 0.2) is 0 Å². The van der Waals surface area contributed by atoms with Crippen LogP contribution in [0.4, 0.5) is 4.79 Å². The predicted molar refractivity (Wildman–Crippen MR) is 55.9 cm³/mol. The van der Waals surface area contributed by atoms with Crippen molar-refractivity contribution in [1.29, 1.82) is 0 Å². The lowest BCUT2D eigenvalue weighted by molar-refractivity contribution is 0.238. The first kappa shape index (κ1) is 10.7. The predicted octanol–water partition coefficient (Wildman–Crippen LogP) is 0.140. The normalized spacial score (nSPS) is 21.5. The smallest absolute Gasteiger partial charge is 0.315 e. The molecule has 0 bridgehead atoms. The summed E-state index contributed by atoms with van der Waals surface area (Å²) < 4.78 is 0. The molecule has 13 heavy (non-hydrogen) atoms. The van der Waals surface area contributed by atoms with E-state index >= 15 is 0 Å². The minimum Gasteiger partial charge on any atom is -0.338 e. The second kappa shape index (κ2) is 6.10. The first-order chi connectivity index (χ1) is 6.33. The Morgan fingerprint density at radius 2 is 2.46 bits per heavy atom. The summed E-state index contributed by atoms with van der Waals surface area (Å²) >= 11 is 1.89. The summed E-state index contributed by atoms with van der Waals surface area (Å²) in [7, 11) is 0. The van der Waals surface area contributed by atoms with E-state index in [4.69, 9.17) is 5.73 Å². The van der Waals surface area contributed by atoms with Crippen molar-refractivity contribution in [3.05, 3.63) is 0 Å². The molecule has 0 spiro atoms. The minimum absolute atomic E-state index is 0.0547. The summed E-state index contributed by atoms with van der Waals surface area (Å²) in [6.45, 7) is 1.29. The molecule has 0 aromatic rings. The molecule has 4 N–H and O–H groups in total. The van der Waals surface area contributed by atoms with Gasteiger partial charge in [-0.1, -0.05) is 0 Å². The number of rotatable bonds is 4. The fourth-order valence-electron chi connectivity index (χ4n) is 1.19. The zero-order valence-corrected chi connectivity index (χ0v) is 8.53. The van der Waals surface area contributed by atoms with Gasteiger partial charge in [-0.15, -0.1) is 0 Å². The SMILES string of the molecule is NCCCNC(=O)NC1CCSC1. The molecule has 1 atom stereocenters. The van der Waals surface area contributed by atoms with Crippen molar-refractivity contribution in [2.45, 2.75) is 18.9 Å². The summed E-state index contributed by atoms with van der Waals surface area (Å²) in [6, 6.07) is 0.309. The highest BCUT2D eigenvalue weighted by Crippen LogP contribution is 2.16. The largest absolute Gasteiger partial charge is 0.338 e. The van der Waals surface area contributed by atoms with Gasteiger partial charge in [-0.05, 0) is 25.1 Å². The lowest BCUT2D eigenvalue weighted by atomic mass is 10.3. The van der Waals surface area contributed by atoms with Crippen LogP contribution in [0.2, 0.25) is 0 Å². The molecule has 0 saturated carbocycles. The lowest BCUT2D eigenvalue weighted by Crippen LogP contribution is -2.42. The lowest BCUT2D eigenvalue weighted by Gasteiger charge is -2.11. The van der Waals surface area contributed by atoms with Crippen LogP contribution in [0.5, 0.6) is 0 Å². The summed E-state index contributed by atoms with van der Waals surface area (Å²) in [5.41, 5.74) is 5.30. The van der Waals surface area contributed by atoms with Crippen LogP contribution in [0.25, 0.3) is 0 Å². The van der Waals surface area contributed by atoms with Crippen molar-refractivity contribution < 1.29 is 4.79 Å². The monoisotopic (exact) mass is 203 g/mol. The van der Waals surface area contributed by atoms with Gasteiger partial charge in [-0.25, -0.2) is 4.79 Å². The number of urea groups is 1. The molecule has 1 unspecified atom stereocenters. The van der Waals surface area contributed by atoms with Crippen LogP contribution in [-0.4, -0.2) is 36.7 Å². The van der Waals surface area contributed by atoms with Gasteiger partial charge in [-0.3, -0.25) is 0 Å². The van der Waals surface area contributed by atoms with Crippen LogP contribution in [-0.2, 0) is 0 Å². The van der Waals surface area contributed by atoms with Crippen molar-refractivity contribution in [1.82, 2.24) is 10.6 Å². The van der Waals surface area contributed by atoms with Crippen molar-refractivity contribution in [2.75, 3.05) is 24.6 Å². The highest BCUT2D eigenvalue weighted by molar-refractivity contribution is 7.99. The maximum absolute atomic E-state index is 11.2. The van der Waals surface area contributed by atoms with Crippen LogP contribution in [0.1, 0.15) is 12.8 Å². The topological polar surface area (TPSA) is 67.1 Å². The van der Waals surface area contributed by atoms with E-state index in [2.05, 4.69) is 10.6 Å². The Bertz CT molecular complexity index is 159. The number of nitrogens with one attached hydrogen (secondary N) is 2. The van der Waals surface area contributed by atoms with E-state index in [0.717, 1.165) is 24.3 Å². The maximum Gasteiger partial charge on any atom is 0.315 e. The maximum atomic E-state index is 11.2. The van der Waals surface area contributed by atoms with E-state index in [1.807, 2.05) is 11.8 Å². The molecule has 1 fully saturated rings. The molecule has 1 saturated heterocycles. The first-order valence-corrected chi connectivity index (χ1v) is 5.80. The van der Waals surface area contributed by atoms with Crippen molar-refractivity contribution in [3.63, 3.8) is 0 Å². The molecule has 0 aliphatic carbocycles. The van der Waals surface area contributed by atoms with Gasteiger partial charge in [0, 0.05) is 18.3 Å². The second-order valence-electron chi connectivity index (χ2n) is 3.10. The van der Waals surface area contributed by atoms with Gasteiger partial charge >= 0.3 is 6.03 Å². The Morgan fingerprint density at radius 1 is 1.62 bits per heavy atom. The number of amides is 2. The van der Waals surface area contributed by atoms with E-state index in [1.54, 1.807) is 0 Å². The van der Waals surface area contributed by atoms with Crippen LogP contribution < -0.4 is 16.4 Å². The molecular weight excluding hydrogens is 186 g/mol. The molecular formula is C8H17N3OS. The quantitative estimate of drug-likeness (QED) is 0.569. The average Bonchev–Trinajstić information content (AvgIpc) is 2.57. The number of carbonyl (C=O) groups is 1. The fraction of sp³-hybridized carbons (Fsp3) is 0.875. The third-order valence-corrected chi connectivity index (χ3v) is 3.09. The Kier molecular flexibility index (Phi) is 5.00. The molecule has 0 aromatic carbocycles. The Balaban J connectivity index is 2.02. The molecule has 0 aromatic heterocycles. The van der Waals surface area contributed by atoms with E-state index in [0.29, 0.717) is 19.1 Å². The van der Waals surface area contributed by atoms with Crippen molar-refractivity contribution >= 4 is 17.8 Å². The number of hydrogen-bond acceptors (Lipinski definition) is 3. The molecule has 0 radical (unpaired) electrons. The summed E-state index contributed by atoms with van der Waals surface area (Å²) in [6.07, 6.45) is 1.93. The van der Waals surface area contributed by atoms with Gasteiger partial charge < -0.3 is 16.4 Å². The molecule has 1 aliphatic rings. The summed E-state index contributed by atoms with van der Waals surface area (Å²) in [5, 5.41) is 5.70. The van der Waals surface area contributed by atoms with Gasteiger partial charge in [0.25, 0.3) is 0 Å². The highest BCUT2D eigenvalue weighted by atomic mass is 32.2. The van der Waals surface area contributed by atoms with E-state index in [-0.39, 0.29) is 6.03 Å². The molecule has 4 nitrogen and oxygen atoms in total. The Morgan fingerprint density at radius 3 is 3.08 bits per heavy atom. The van der Waals surface area contributed by atoms with E-state index < -0.39 is 0 Å². The molecule has 1 aliphatic heterocycles. The van der Waals surface area contributed by atoms with E-state index in [1.165, 1.54) is 0 Å². The van der Waals surface area contributed by atoms with Crippen LogP contribution >= 0.6 is 11.8 Å². The first-order valence-electron chi connectivity index (χ1n) is 4.65. The molecule has 2 amide bonds. The fourth-order valence-corrected chi connectivity index (χ4v) is 2.34. The third kappa shape index (κ3) is 4.38. The summed E-state index contributed by atoms with van der Waals surface area (Å²) in [5.74, 6) is 2.21. The van der Waals surface area contributed by atoms with Crippen molar-refractivity contribution in [2.24, 2.45) is 5.73 Å². The summed E-state index contributed by atoms with van der Waals surface area (Å²) in [4.78, 5) is 11.2. The Hall–Kier alpha value is -0.420. The second-order valence-corrected chi connectivity index (χ2v) is 4.25. The van der Waals surface area contributed by atoms with Gasteiger partial charge in [0.05, 0.1) is 0 Å².